The highest BCUT2D eigenvalue weighted by Crippen LogP contribution is 2.54. The van der Waals surface area contributed by atoms with Gasteiger partial charge in [-0.2, -0.15) is 0 Å². The summed E-state index contributed by atoms with van der Waals surface area (Å²) < 4.78 is 0. The van der Waals surface area contributed by atoms with E-state index in [1.165, 1.54) is 0 Å². The van der Waals surface area contributed by atoms with E-state index in [2.05, 4.69) is 4.90 Å². The van der Waals surface area contributed by atoms with Gasteiger partial charge in [0.05, 0.1) is 5.60 Å². The van der Waals surface area contributed by atoms with Crippen molar-refractivity contribution in [2.24, 2.45) is 11.1 Å². The van der Waals surface area contributed by atoms with Crippen LogP contribution in [0.25, 0.3) is 0 Å². The van der Waals surface area contributed by atoms with E-state index in [0.717, 1.165) is 25.8 Å². The van der Waals surface area contributed by atoms with Crippen LogP contribution in [0.5, 0.6) is 0 Å². The first-order chi connectivity index (χ1) is 5.93. The summed E-state index contributed by atoms with van der Waals surface area (Å²) in [6.45, 7) is 3.47. The summed E-state index contributed by atoms with van der Waals surface area (Å²) in [5.74, 6) is 0. The fourth-order valence-corrected chi connectivity index (χ4v) is 1.82. The summed E-state index contributed by atoms with van der Waals surface area (Å²) in [5, 5.41) is 10.2. The molecule has 0 bridgehead atoms. The van der Waals surface area contributed by atoms with Crippen LogP contribution in [0, 0.1) is 5.41 Å². The fraction of sp³-hybridized carbons (Fsp3) is 1.00. The average molecular weight is 186 g/mol. The van der Waals surface area contributed by atoms with Crippen molar-refractivity contribution in [1.29, 1.82) is 0 Å². The summed E-state index contributed by atoms with van der Waals surface area (Å²) >= 11 is 0. The molecule has 1 rings (SSSR count). The first-order valence-electron chi connectivity index (χ1n) is 5.01. The van der Waals surface area contributed by atoms with Crippen molar-refractivity contribution in [2.75, 3.05) is 27.2 Å². The van der Waals surface area contributed by atoms with Gasteiger partial charge in [-0.15, -0.1) is 0 Å². The minimum absolute atomic E-state index is 0.0308. The van der Waals surface area contributed by atoms with E-state index in [-0.39, 0.29) is 5.41 Å². The first-order valence-corrected chi connectivity index (χ1v) is 5.01. The third-order valence-corrected chi connectivity index (χ3v) is 3.43. The van der Waals surface area contributed by atoms with Crippen LogP contribution in [0.2, 0.25) is 0 Å². The zero-order valence-electron chi connectivity index (χ0n) is 9.01. The van der Waals surface area contributed by atoms with Crippen LogP contribution in [0.4, 0.5) is 0 Å². The maximum absolute atomic E-state index is 10.2. The fourth-order valence-electron chi connectivity index (χ4n) is 1.82. The summed E-state index contributed by atoms with van der Waals surface area (Å²) in [6, 6.07) is 0. The Kier molecular flexibility index (Phi) is 3.00. The van der Waals surface area contributed by atoms with E-state index in [0.29, 0.717) is 6.54 Å². The molecule has 3 heteroatoms. The normalized spacial score (nSPS) is 24.5. The van der Waals surface area contributed by atoms with Gasteiger partial charge in [-0.3, -0.25) is 0 Å². The molecular formula is C10H22N2O. The molecule has 1 fully saturated rings. The third kappa shape index (κ3) is 2.22. The number of hydrogen-bond donors (Lipinski definition) is 2. The van der Waals surface area contributed by atoms with E-state index < -0.39 is 5.60 Å². The molecule has 1 unspecified atom stereocenters. The average Bonchev–Trinajstić information content (AvgIpc) is 2.81. The highest BCUT2D eigenvalue weighted by Gasteiger charge is 2.54. The van der Waals surface area contributed by atoms with Gasteiger partial charge in [-0.25, -0.2) is 0 Å². The Bertz CT molecular complexity index is 174. The van der Waals surface area contributed by atoms with Gasteiger partial charge in [-0.1, -0.05) is 0 Å². The number of aliphatic hydroxyl groups is 1. The van der Waals surface area contributed by atoms with E-state index in [1.54, 1.807) is 0 Å². The minimum Gasteiger partial charge on any atom is -0.390 e. The number of nitrogens with zero attached hydrogens (tertiary/aromatic N) is 1. The molecule has 0 amide bonds. The lowest BCUT2D eigenvalue weighted by Crippen LogP contribution is -2.43. The molecule has 78 valence electrons. The Morgan fingerprint density at radius 2 is 2.00 bits per heavy atom. The molecule has 3 nitrogen and oxygen atoms in total. The van der Waals surface area contributed by atoms with Crippen molar-refractivity contribution in [3.8, 4) is 0 Å². The quantitative estimate of drug-likeness (QED) is 0.654. The second kappa shape index (κ2) is 3.56. The van der Waals surface area contributed by atoms with Crippen molar-refractivity contribution in [3.05, 3.63) is 0 Å². The second-order valence-electron chi connectivity index (χ2n) is 4.81. The third-order valence-electron chi connectivity index (χ3n) is 3.43. The van der Waals surface area contributed by atoms with Crippen molar-refractivity contribution in [3.63, 3.8) is 0 Å². The first kappa shape index (κ1) is 11.0. The zero-order valence-corrected chi connectivity index (χ0v) is 9.01. The minimum atomic E-state index is -0.577. The maximum atomic E-state index is 10.2. The lowest BCUT2D eigenvalue weighted by Gasteiger charge is -2.33. The molecule has 0 aromatic rings. The summed E-state index contributed by atoms with van der Waals surface area (Å²) in [6.07, 6.45) is 2.99. The van der Waals surface area contributed by atoms with Crippen LogP contribution < -0.4 is 5.73 Å². The SMILES string of the molecule is CN(C)CCC(C)(O)C1(CN)CC1. The predicted molar refractivity (Wildman–Crippen MR) is 54.5 cm³/mol. The molecule has 0 aromatic carbocycles. The lowest BCUT2D eigenvalue weighted by atomic mass is 9.83. The van der Waals surface area contributed by atoms with Gasteiger partial charge in [0.25, 0.3) is 0 Å². The number of hydrogen-bond acceptors (Lipinski definition) is 3. The number of nitrogens with two attached hydrogens (primary N) is 1. The molecule has 1 aliphatic carbocycles. The van der Waals surface area contributed by atoms with Crippen LogP contribution in [-0.4, -0.2) is 42.8 Å². The predicted octanol–water partition coefficient (Wildman–Crippen LogP) is 0.428. The molecular weight excluding hydrogens is 164 g/mol. The Labute approximate surface area is 80.9 Å². The van der Waals surface area contributed by atoms with Crippen LogP contribution in [0.15, 0.2) is 0 Å². The molecule has 3 N–H and O–H groups in total. The van der Waals surface area contributed by atoms with Gasteiger partial charge >= 0.3 is 0 Å². The van der Waals surface area contributed by atoms with Gasteiger partial charge in [0, 0.05) is 18.5 Å². The van der Waals surface area contributed by atoms with Gasteiger partial charge in [-0.05, 0) is 40.3 Å². The van der Waals surface area contributed by atoms with Crippen molar-refractivity contribution >= 4 is 0 Å². The van der Waals surface area contributed by atoms with Gasteiger partial charge < -0.3 is 15.7 Å². The molecule has 13 heavy (non-hydrogen) atoms. The van der Waals surface area contributed by atoms with E-state index in [9.17, 15) is 5.11 Å². The molecule has 0 saturated heterocycles. The maximum Gasteiger partial charge on any atom is 0.0699 e. The molecule has 0 spiro atoms. The van der Waals surface area contributed by atoms with Gasteiger partial charge in [0.1, 0.15) is 0 Å². The van der Waals surface area contributed by atoms with Crippen LogP contribution in [0.3, 0.4) is 0 Å². The summed E-state index contributed by atoms with van der Waals surface area (Å²) in [4.78, 5) is 2.10. The largest absolute Gasteiger partial charge is 0.390 e. The Morgan fingerprint density at radius 1 is 1.46 bits per heavy atom. The molecule has 0 heterocycles. The molecule has 1 aliphatic rings. The van der Waals surface area contributed by atoms with Crippen molar-refractivity contribution < 1.29 is 5.11 Å². The molecule has 0 aromatic heterocycles. The summed E-state index contributed by atoms with van der Waals surface area (Å²) in [7, 11) is 4.05. The topological polar surface area (TPSA) is 49.5 Å². The van der Waals surface area contributed by atoms with Crippen molar-refractivity contribution in [1.82, 2.24) is 4.90 Å². The van der Waals surface area contributed by atoms with E-state index in [4.69, 9.17) is 5.73 Å². The lowest BCUT2D eigenvalue weighted by molar-refractivity contribution is -0.0238. The second-order valence-corrected chi connectivity index (χ2v) is 4.81. The Morgan fingerprint density at radius 3 is 2.31 bits per heavy atom. The van der Waals surface area contributed by atoms with Crippen molar-refractivity contribution in [2.45, 2.75) is 31.8 Å². The monoisotopic (exact) mass is 186 g/mol. The van der Waals surface area contributed by atoms with Crippen LogP contribution in [0.1, 0.15) is 26.2 Å². The molecule has 0 aliphatic heterocycles. The Hall–Kier alpha value is -0.120. The van der Waals surface area contributed by atoms with E-state index in [1.807, 2.05) is 21.0 Å². The highest BCUT2D eigenvalue weighted by molar-refractivity contribution is 5.06. The van der Waals surface area contributed by atoms with Crippen LogP contribution >= 0.6 is 0 Å². The smallest absolute Gasteiger partial charge is 0.0699 e. The van der Waals surface area contributed by atoms with Gasteiger partial charge in [0.15, 0.2) is 0 Å². The zero-order chi connectivity index (χ0) is 10.1. The molecule has 0 radical (unpaired) electrons. The van der Waals surface area contributed by atoms with Gasteiger partial charge in [0.2, 0.25) is 0 Å². The standard InChI is InChI=1S/C10H22N2O/c1-9(13,6-7-12(2)3)10(8-11)4-5-10/h13H,4-8,11H2,1-3H3. The van der Waals surface area contributed by atoms with Crippen LogP contribution in [-0.2, 0) is 0 Å². The molecule has 1 atom stereocenters. The highest BCUT2D eigenvalue weighted by atomic mass is 16.3. The number of rotatable bonds is 5. The Balaban J connectivity index is 2.45. The van der Waals surface area contributed by atoms with E-state index >= 15 is 0 Å². The summed E-state index contributed by atoms with van der Waals surface area (Å²) in [5.41, 5.74) is 5.14. The molecule has 1 saturated carbocycles.